The summed E-state index contributed by atoms with van der Waals surface area (Å²) in [5.41, 5.74) is 3.40. The number of hydrazone groups is 1. The van der Waals surface area contributed by atoms with Gasteiger partial charge in [-0.25, -0.2) is 4.98 Å². The maximum atomic E-state index is 10.8. The summed E-state index contributed by atoms with van der Waals surface area (Å²) >= 11 is 0. The zero-order valence-corrected chi connectivity index (χ0v) is 11.8. The molecular weight excluding hydrogens is 284 g/mol. The summed E-state index contributed by atoms with van der Waals surface area (Å²) < 4.78 is 5.07. The molecule has 1 aromatic heterocycles. The maximum absolute atomic E-state index is 10.8. The molecule has 0 aliphatic rings. The topological polar surface area (TPSA) is 89.7 Å². The van der Waals surface area contributed by atoms with Gasteiger partial charge in [-0.2, -0.15) is 5.10 Å². The Morgan fingerprint density at radius 3 is 2.77 bits per heavy atom. The third kappa shape index (κ3) is 4.14. The van der Waals surface area contributed by atoms with Crippen molar-refractivity contribution in [3.63, 3.8) is 0 Å². The minimum Gasteiger partial charge on any atom is -0.497 e. The molecule has 0 radical (unpaired) electrons. The van der Waals surface area contributed by atoms with Crippen molar-refractivity contribution in [3.8, 4) is 5.75 Å². The Labute approximate surface area is 127 Å². The normalized spacial score (nSPS) is 11.0. The molecule has 0 saturated heterocycles. The van der Waals surface area contributed by atoms with E-state index < -0.39 is 4.92 Å². The Balaban J connectivity index is 1.95. The largest absolute Gasteiger partial charge is 0.497 e. The maximum Gasteiger partial charge on any atom is 0.313 e. The van der Waals surface area contributed by atoms with Crippen LogP contribution in [0.3, 0.4) is 0 Å². The number of nitro groups is 1. The van der Waals surface area contributed by atoms with E-state index in [0.717, 1.165) is 11.3 Å². The first-order valence-corrected chi connectivity index (χ1v) is 6.40. The van der Waals surface area contributed by atoms with Crippen LogP contribution in [-0.4, -0.2) is 23.2 Å². The average molecular weight is 298 g/mol. The van der Waals surface area contributed by atoms with E-state index in [1.54, 1.807) is 13.2 Å². The lowest BCUT2D eigenvalue weighted by molar-refractivity contribution is -0.384. The quantitative estimate of drug-likeness (QED) is 0.503. The molecule has 0 amide bonds. The van der Waals surface area contributed by atoms with Crippen molar-refractivity contribution in [1.82, 2.24) is 4.98 Å². The highest BCUT2D eigenvalue weighted by Crippen LogP contribution is 2.19. The number of hydrogen-bond donors (Lipinski definition) is 1. The van der Waals surface area contributed by atoms with Gasteiger partial charge in [-0.05, 0) is 29.8 Å². The minimum absolute atomic E-state index is 0.0987. The first kappa shape index (κ1) is 15.2. The number of methoxy groups -OCH3 is 1. The van der Waals surface area contributed by atoms with Gasteiger partial charge in [0, 0.05) is 18.5 Å². The van der Waals surface area contributed by atoms with Crippen LogP contribution in [0, 0.1) is 10.1 Å². The van der Waals surface area contributed by atoms with Crippen LogP contribution < -0.4 is 10.2 Å². The van der Waals surface area contributed by atoms with Crippen LogP contribution in [0.25, 0.3) is 6.08 Å². The molecule has 0 bridgehead atoms. The number of benzene rings is 1. The van der Waals surface area contributed by atoms with Gasteiger partial charge in [0.25, 0.3) is 0 Å². The van der Waals surface area contributed by atoms with Gasteiger partial charge in [-0.15, -0.1) is 0 Å². The van der Waals surface area contributed by atoms with Gasteiger partial charge < -0.3 is 4.74 Å². The van der Waals surface area contributed by atoms with Crippen molar-refractivity contribution < 1.29 is 9.66 Å². The number of nitrogens with zero attached hydrogens (tertiary/aromatic N) is 3. The van der Waals surface area contributed by atoms with Crippen LogP contribution in [0.1, 0.15) is 5.56 Å². The standard InChI is InChI=1S/C15H14N4O3/c1-22-13-8-6-12(7-9-13)4-2-11-17-18-15-14(19(20)21)5-3-10-16-15/h2-11H,1H3,(H,16,18)/b4-2+,17-11-. The number of anilines is 1. The summed E-state index contributed by atoms with van der Waals surface area (Å²) in [6, 6.07) is 10.4. The van der Waals surface area contributed by atoms with Crippen molar-refractivity contribution in [2.24, 2.45) is 5.10 Å². The molecule has 2 aromatic rings. The Bertz CT molecular complexity index is 696. The molecule has 0 atom stereocenters. The summed E-state index contributed by atoms with van der Waals surface area (Å²) in [4.78, 5) is 14.2. The first-order chi connectivity index (χ1) is 10.7. The lowest BCUT2D eigenvalue weighted by Crippen LogP contribution is -1.98. The van der Waals surface area contributed by atoms with Crippen molar-refractivity contribution in [3.05, 3.63) is 64.3 Å². The van der Waals surface area contributed by atoms with Gasteiger partial charge in [0.15, 0.2) is 0 Å². The molecule has 1 N–H and O–H groups in total. The molecule has 0 saturated carbocycles. The summed E-state index contributed by atoms with van der Waals surface area (Å²) in [6.45, 7) is 0. The summed E-state index contributed by atoms with van der Waals surface area (Å²) in [6.07, 6.45) is 6.50. The number of allylic oxidation sites excluding steroid dienone is 1. The molecule has 0 unspecified atom stereocenters. The second-order valence-corrected chi connectivity index (χ2v) is 4.15. The van der Waals surface area contributed by atoms with E-state index in [-0.39, 0.29) is 11.5 Å². The highest BCUT2D eigenvalue weighted by molar-refractivity contribution is 5.79. The minimum atomic E-state index is -0.516. The molecule has 0 fully saturated rings. The van der Waals surface area contributed by atoms with Crippen molar-refractivity contribution in [2.75, 3.05) is 12.5 Å². The lowest BCUT2D eigenvalue weighted by atomic mass is 10.2. The van der Waals surface area contributed by atoms with E-state index in [1.807, 2.05) is 30.3 Å². The Morgan fingerprint density at radius 2 is 2.09 bits per heavy atom. The van der Waals surface area contributed by atoms with E-state index in [1.165, 1.54) is 24.5 Å². The predicted octanol–water partition coefficient (Wildman–Crippen LogP) is 3.11. The summed E-state index contributed by atoms with van der Waals surface area (Å²) in [5.74, 6) is 0.886. The van der Waals surface area contributed by atoms with Crippen LogP contribution in [0.4, 0.5) is 11.5 Å². The van der Waals surface area contributed by atoms with Gasteiger partial charge in [-0.1, -0.05) is 18.2 Å². The third-order valence-corrected chi connectivity index (χ3v) is 2.72. The lowest BCUT2D eigenvalue weighted by Gasteiger charge is -1.99. The Morgan fingerprint density at radius 1 is 1.32 bits per heavy atom. The van der Waals surface area contributed by atoms with Gasteiger partial charge in [0.2, 0.25) is 5.82 Å². The molecule has 22 heavy (non-hydrogen) atoms. The Kier molecular flexibility index (Phi) is 5.20. The average Bonchev–Trinajstić information content (AvgIpc) is 2.55. The van der Waals surface area contributed by atoms with Crippen LogP contribution >= 0.6 is 0 Å². The molecule has 1 heterocycles. The van der Waals surface area contributed by atoms with Crippen molar-refractivity contribution >= 4 is 23.8 Å². The fraction of sp³-hybridized carbons (Fsp3) is 0.0667. The fourth-order valence-electron chi connectivity index (χ4n) is 1.64. The van der Waals surface area contributed by atoms with Crippen LogP contribution in [0.5, 0.6) is 5.75 Å². The zero-order chi connectivity index (χ0) is 15.8. The number of aromatic nitrogens is 1. The molecule has 0 spiro atoms. The van der Waals surface area contributed by atoms with Crippen LogP contribution in [-0.2, 0) is 0 Å². The second-order valence-electron chi connectivity index (χ2n) is 4.15. The molecule has 2 rings (SSSR count). The van der Waals surface area contributed by atoms with Gasteiger partial charge in [0.05, 0.1) is 12.0 Å². The molecule has 7 nitrogen and oxygen atoms in total. The number of pyridine rings is 1. The number of rotatable bonds is 6. The first-order valence-electron chi connectivity index (χ1n) is 6.40. The van der Waals surface area contributed by atoms with E-state index >= 15 is 0 Å². The number of hydrogen-bond acceptors (Lipinski definition) is 6. The van der Waals surface area contributed by atoms with Gasteiger partial charge >= 0.3 is 5.69 Å². The van der Waals surface area contributed by atoms with Gasteiger partial charge in [0.1, 0.15) is 5.75 Å². The molecule has 0 aliphatic heterocycles. The van der Waals surface area contributed by atoms with E-state index in [0.29, 0.717) is 0 Å². The molecule has 1 aromatic carbocycles. The van der Waals surface area contributed by atoms with Crippen LogP contribution in [0.2, 0.25) is 0 Å². The smallest absolute Gasteiger partial charge is 0.313 e. The predicted molar refractivity (Wildman–Crippen MR) is 85.0 cm³/mol. The summed E-state index contributed by atoms with van der Waals surface area (Å²) in [7, 11) is 1.61. The fourth-order valence-corrected chi connectivity index (χ4v) is 1.64. The highest BCUT2D eigenvalue weighted by Gasteiger charge is 2.12. The Hall–Kier alpha value is -3.22. The zero-order valence-electron chi connectivity index (χ0n) is 11.8. The molecule has 7 heteroatoms. The molecule has 112 valence electrons. The highest BCUT2D eigenvalue weighted by atomic mass is 16.6. The van der Waals surface area contributed by atoms with Crippen LogP contribution in [0.15, 0.2) is 53.8 Å². The second kappa shape index (κ2) is 7.53. The van der Waals surface area contributed by atoms with Crippen molar-refractivity contribution in [1.29, 1.82) is 0 Å². The van der Waals surface area contributed by atoms with Gasteiger partial charge in [-0.3, -0.25) is 15.5 Å². The number of ether oxygens (including phenoxy) is 1. The summed E-state index contributed by atoms with van der Waals surface area (Å²) in [5, 5.41) is 14.7. The van der Waals surface area contributed by atoms with E-state index in [4.69, 9.17) is 4.74 Å². The molecule has 0 aliphatic carbocycles. The monoisotopic (exact) mass is 298 g/mol. The number of nitrogens with one attached hydrogen (secondary N) is 1. The van der Waals surface area contributed by atoms with E-state index in [2.05, 4.69) is 15.5 Å². The van der Waals surface area contributed by atoms with Crippen molar-refractivity contribution in [2.45, 2.75) is 0 Å². The molecular formula is C15H14N4O3. The van der Waals surface area contributed by atoms with E-state index in [9.17, 15) is 10.1 Å². The SMILES string of the molecule is COc1ccc(/C=C/C=N\Nc2ncccc2[N+](=O)[O-])cc1. The third-order valence-electron chi connectivity index (χ3n) is 2.72.